The summed E-state index contributed by atoms with van der Waals surface area (Å²) >= 11 is 0. The predicted octanol–water partition coefficient (Wildman–Crippen LogP) is 1.49. The summed E-state index contributed by atoms with van der Waals surface area (Å²) in [6.45, 7) is 1.03. The van der Waals surface area contributed by atoms with Crippen molar-refractivity contribution in [2.45, 2.75) is 18.9 Å². The maximum Gasteiger partial charge on any atom is 0.319 e. The number of nitrogens with two attached hydrogens (primary N) is 1. The van der Waals surface area contributed by atoms with Crippen molar-refractivity contribution in [2.24, 2.45) is 5.73 Å². The van der Waals surface area contributed by atoms with Crippen LogP contribution in [0.3, 0.4) is 0 Å². The van der Waals surface area contributed by atoms with E-state index in [0.717, 1.165) is 12.8 Å². The minimum atomic E-state index is -0.476. The van der Waals surface area contributed by atoms with Crippen LogP contribution in [-0.2, 0) is 0 Å². The lowest BCUT2D eigenvalue weighted by molar-refractivity contribution is 0.181. The second-order valence-corrected chi connectivity index (χ2v) is 4.73. The third-order valence-corrected chi connectivity index (χ3v) is 3.17. The number of amides is 4. The Bertz CT molecular complexity index is 492. The van der Waals surface area contributed by atoms with E-state index in [0.29, 0.717) is 18.8 Å². The molecule has 0 spiro atoms. The average molecular weight is 280 g/mol. The topological polar surface area (TPSA) is 87.5 Å². The van der Waals surface area contributed by atoms with Crippen LogP contribution in [0.15, 0.2) is 24.3 Å². The van der Waals surface area contributed by atoms with Crippen LogP contribution in [0.5, 0.6) is 0 Å². The van der Waals surface area contributed by atoms with Gasteiger partial charge in [0, 0.05) is 24.8 Å². The first kappa shape index (κ1) is 14.1. The Morgan fingerprint density at radius 2 is 2.00 bits per heavy atom. The highest BCUT2D eigenvalue weighted by Gasteiger charge is 2.23. The summed E-state index contributed by atoms with van der Waals surface area (Å²) in [6.07, 6.45) is 1.59. The highest BCUT2D eigenvalue weighted by molar-refractivity contribution is 5.89. The summed E-state index contributed by atoms with van der Waals surface area (Å²) in [6, 6.07) is 4.51. The second kappa shape index (κ2) is 6.23. The van der Waals surface area contributed by atoms with Gasteiger partial charge < -0.3 is 21.3 Å². The molecule has 1 aliphatic rings. The maximum absolute atomic E-state index is 12.7. The number of hydrogen-bond donors (Lipinski definition) is 3. The summed E-state index contributed by atoms with van der Waals surface area (Å²) in [5, 5.41) is 5.38. The third-order valence-electron chi connectivity index (χ3n) is 3.17. The van der Waals surface area contributed by atoms with E-state index < -0.39 is 6.03 Å². The standard InChI is InChI=1S/C13H17FN4O2/c14-9-3-5-10(6-4-9)16-13(20)17-11-2-1-7-18(8-11)12(15)19/h3-6,11H,1-2,7-8H2,(H2,15,19)(H2,16,17,20)/t11-/m1/s1. The van der Waals surface area contributed by atoms with Gasteiger partial charge in [-0.05, 0) is 37.1 Å². The highest BCUT2D eigenvalue weighted by atomic mass is 19.1. The number of hydrogen-bond acceptors (Lipinski definition) is 2. The monoisotopic (exact) mass is 280 g/mol. The molecular formula is C13H17FN4O2. The molecule has 4 amide bonds. The normalized spacial score (nSPS) is 18.4. The molecule has 1 saturated heterocycles. The van der Waals surface area contributed by atoms with Crippen LogP contribution < -0.4 is 16.4 Å². The molecule has 1 atom stereocenters. The Morgan fingerprint density at radius 1 is 1.30 bits per heavy atom. The number of primary amides is 1. The minimum Gasteiger partial charge on any atom is -0.351 e. The molecule has 0 unspecified atom stereocenters. The molecule has 0 aromatic heterocycles. The van der Waals surface area contributed by atoms with Gasteiger partial charge in [0.05, 0.1) is 0 Å². The van der Waals surface area contributed by atoms with E-state index in [4.69, 9.17) is 5.73 Å². The fourth-order valence-corrected chi connectivity index (χ4v) is 2.18. The van der Waals surface area contributed by atoms with Gasteiger partial charge in [0.2, 0.25) is 0 Å². The molecule has 1 aliphatic heterocycles. The van der Waals surface area contributed by atoms with Crippen LogP contribution in [0.25, 0.3) is 0 Å². The summed E-state index contributed by atoms with van der Waals surface area (Å²) in [4.78, 5) is 24.4. The molecule has 1 fully saturated rings. The fourth-order valence-electron chi connectivity index (χ4n) is 2.18. The molecule has 0 saturated carbocycles. The number of nitrogens with one attached hydrogen (secondary N) is 2. The smallest absolute Gasteiger partial charge is 0.319 e. The van der Waals surface area contributed by atoms with Crippen LogP contribution in [0.2, 0.25) is 0 Å². The van der Waals surface area contributed by atoms with Crippen LogP contribution in [0.1, 0.15) is 12.8 Å². The molecule has 6 nitrogen and oxygen atoms in total. The Balaban J connectivity index is 1.85. The Morgan fingerprint density at radius 3 is 2.65 bits per heavy atom. The lowest BCUT2D eigenvalue weighted by atomic mass is 10.1. The summed E-state index contributed by atoms with van der Waals surface area (Å²) < 4.78 is 12.7. The van der Waals surface area contributed by atoms with E-state index in [1.54, 1.807) is 0 Å². The number of piperidine rings is 1. The van der Waals surface area contributed by atoms with Gasteiger partial charge in [0.25, 0.3) is 0 Å². The Labute approximate surface area is 116 Å². The molecule has 1 aromatic rings. The molecule has 108 valence electrons. The van der Waals surface area contributed by atoms with Crippen molar-refractivity contribution >= 4 is 17.7 Å². The molecule has 1 heterocycles. The van der Waals surface area contributed by atoms with Crippen molar-refractivity contribution in [1.29, 1.82) is 0 Å². The van der Waals surface area contributed by atoms with Crippen molar-refractivity contribution < 1.29 is 14.0 Å². The summed E-state index contributed by atoms with van der Waals surface area (Å²) in [5.74, 6) is -0.361. The number of halogens is 1. The third kappa shape index (κ3) is 3.84. The van der Waals surface area contributed by atoms with Crippen molar-refractivity contribution in [3.63, 3.8) is 0 Å². The zero-order valence-corrected chi connectivity index (χ0v) is 10.9. The van der Waals surface area contributed by atoms with Gasteiger partial charge >= 0.3 is 12.1 Å². The van der Waals surface area contributed by atoms with Crippen LogP contribution in [-0.4, -0.2) is 36.1 Å². The minimum absolute atomic E-state index is 0.128. The molecule has 2 rings (SSSR count). The number of likely N-dealkylation sites (tertiary alicyclic amines) is 1. The molecule has 0 radical (unpaired) electrons. The van der Waals surface area contributed by atoms with Crippen molar-refractivity contribution in [1.82, 2.24) is 10.2 Å². The second-order valence-electron chi connectivity index (χ2n) is 4.73. The zero-order chi connectivity index (χ0) is 14.5. The fraction of sp³-hybridized carbons (Fsp3) is 0.385. The SMILES string of the molecule is NC(=O)N1CCC[C@@H](NC(=O)Nc2ccc(F)cc2)C1. The maximum atomic E-state index is 12.7. The lowest BCUT2D eigenvalue weighted by Crippen LogP contribution is -2.51. The van der Waals surface area contributed by atoms with Gasteiger partial charge in [-0.15, -0.1) is 0 Å². The molecule has 4 N–H and O–H groups in total. The Hall–Kier alpha value is -2.31. The van der Waals surface area contributed by atoms with E-state index in [1.165, 1.54) is 29.2 Å². The molecule has 7 heteroatoms. The summed E-state index contributed by atoms with van der Waals surface area (Å²) in [7, 11) is 0. The lowest BCUT2D eigenvalue weighted by Gasteiger charge is -2.31. The van der Waals surface area contributed by atoms with Gasteiger partial charge in [-0.1, -0.05) is 0 Å². The van der Waals surface area contributed by atoms with Gasteiger partial charge in [-0.2, -0.15) is 0 Å². The van der Waals surface area contributed by atoms with Crippen molar-refractivity contribution in [3.05, 3.63) is 30.1 Å². The highest BCUT2D eigenvalue weighted by Crippen LogP contribution is 2.11. The number of rotatable bonds is 2. The summed E-state index contributed by atoms with van der Waals surface area (Å²) in [5.41, 5.74) is 5.73. The molecule has 1 aromatic carbocycles. The largest absolute Gasteiger partial charge is 0.351 e. The molecule has 0 bridgehead atoms. The van der Waals surface area contributed by atoms with E-state index in [9.17, 15) is 14.0 Å². The van der Waals surface area contributed by atoms with Crippen molar-refractivity contribution in [3.8, 4) is 0 Å². The van der Waals surface area contributed by atoms with E-state index in [2.05, 4.69) is 10.6 Å². The van der Waals surface area contributed by atoms with E-state index in [1.807, 2.05) is 0 Å². The first-order chi connectivity index (χ1) is 9.54. The molecular weight excluding hydrogens is 263 g/mol. The number of anilines is 1. The average Bonchev–Trinajstić information content (AvgIpc) is 2.41. The van der Waals surface area contributed by atoms with Gasteiger partial charge in [0.15, 0.2) is 0 Å². The van der Waals surface area contributed by atoms with E-state index >= 15 is 0 Å². The first-order valence-corrected chi connectivity index (χ1v) is 6.42. The number of urea groups is 2. The van der Waals surface area contributed by atoms with Gasteiger partial charge in [-0.25, -0.2) is 14.0 Å². The van der Waals surface area contributed by atoms with Crippen molar-refractivity contribution in [2.75, 3.05) is 18.4 Å². The Kier molecular flexibility index (Phi) is 4.39. The zero-order valence-electron chi connectivity index (χ0n) is 10.9. The number of benzene rings is 1. The molecule has 20 heavy (non-hydrogen) atoms. The van der Waals surface area contributed by atoms with Gasteiger partial charge in [0.1, 0.15) is 5.82 Å². The predicted molar refractivity (Wildman–Crippen MR) is 72.7 cm³/mol. The quantitative estimate of drug-likeness (QED) is 0.766. The van der Waals surface area contributed by atoms with Crippen LogP contribution in [0.4, 0.5) is 19.7 Å². The number of carbonyl (C=O) groups is 2. The number of nitrogens with zero attached hydrogens (tertiary/aromatic N) is 1. The van der Waals surface area contributed by atoms with Crippen LogP contribution >= 0.6 is 0 Å². The van der Waals surface area contributed by atoms with Gasteiger partial charge in [-0.3, -0.25) is 0 Å². The number of carbonyl (C=O) groups excluding carboxylic acids is 2. The first-order valence-electron chi connectivity index (χ1n) is 6.42. The van der Waals surface area contributed by atoms with Crippen LogP contribution in [0, 0.1) is 5.82 Å². The van der Waals surface area contributed by atoms with E-state index in [-0.39, 0.29) is 17.9 Å². The molecule has 0 aliphatic carbocycles.